The van der Waals surface area contributed by atoms with Gasteiger partial charge in [-0.05, 0) is 62.3 Å². The number of carbonyl (C=O) groups is 2. The first-order valence-electron chi connectivity index (χ1n) is 12.4. The number of benzene rings is 1. The van der Waals surface area contributed by atoms with Gasteiger partial charge in [0.05, 0.1) is 6.61 Å². The number of esters is 1. The van der Waals surface area contributed by atoms with Crippen LogP contribution in [-0.4, -0.2) is 42.6 Å². The van der Waals surface area contributed by atoms with Crippen molar-refractivity contribution in [2.75, 3.05) is 13.7 Å². The molecule has 180 valence electrons. The van der Waals surface area contributed by atoms with Gasteiger partial charge < -0.3 is 14.4 Å². The minimum absolute atomic E-state index is 0.0495. The number of nitrogens with zero attached hydrogens (tertiary/aromatic N) is 1. The van der Waals surface area contributed by atoms with Gasteiger partial charge in [0.25, 0.3) is 0 Å². The van der Waals surface area contributed by atoms with E-state index in [0.29, 0.717) is 31.5 Å². The second-order valence-corrected chi connectivity index (χ2v) is 10.0. The molecule has 1 heterocycles. The van der Waals surface area contributed by atoms with Crippen LogP contribution in [0.5, 0.6) is 0 Å². The SMILES string of the molecule is CC(C)C[C@H]1C(=O)O[C@@H](CCCCOCc2ccccc2)CC[C@H](C)C[C@@H](C)C(=O)N1C. The average Bonchev–Trinajstić information content (AvgIpc) is 2.77. The van der Waals surface area contributed by atoms with Crippen molar-refractivity contribution in [3.63, 3.8) is 0 Å². The Labute approximate surface area is 194 Å². The summed E-state index contributed by atoms with van der Waals surface area (Å²) in [5.41, 5.74) is 1.18. The van der Waals surface area contributed by atoms with Crippen LogP contribution in [0.25, 0.3) is 0 Å². The Hall–Kier alpha value is -1.88. The highest BCUT2D eigenvalue weighted by Gasteiger charge is 2.34. The van der Waals surface area contributed by atoms with E-state index in [1.807, 2.05) is 25.1 Å². The van der Waals surface area contributed by atoms with E-state index in [1.54, 1.807) is 11.9 Å². The lowest BCUT2D eigenvalue weighted by Crippen LogP contribution is -2.46. The lowest BCUT2D eigenvalue weighted by Gasteiger charge is -2.31. The fourth-order valence-electron chi connectivity index (χ4n) is 4.50. The van der Waals surface area contributed by atoms with Gasteiger partial charge in [-0.15, -0.1) is 0 Å². The first kappa shape index (κ1) is 26.4. The third-order valence-electron chi connectivity index (χ3n) is 6.40. The molecule has 0 unspecified atom stereocenters. The summed E-state index contributed by atoms with van der Waals surface area (Å²) in [6, 6.07) is 9.68. The monoisotopic (exact) mass is 445 g/mol. The zero-order valence-corrected chi connectivity index (χ0v) is 20.7. The smallest absolute Gasteiger partial charge is 0.329 e. The zero-order valence-electron chi connectivity index (χ0n) is 20.7. The largest absolute Gasteiger partial charge is 0.461 e. The van der Waals surface area contributed by atoms with Crippen LogP contribution >= 0.6 is 0 Å². The van der Waals surface area contributed by atoms with Crippen LogP contribution in [0.4, 0.5) is 0 Å². The van der Waals surface area contributed by atoms with Gasteiger partial charge in [0.2, 0.25) is 5.91 Å². The van der Waals surface area contributed by atoms with Crippen molar-refractivity contribution in [1.29, 1.82) is 0 Å². The molecule has 1 aliphatic heterocycles. The molecule has 0 N–H and O–H groups in total. The summed E-state index contributed by atoms with van der Waals surface area (Å²) in [6.07, 6.45) is 5.97. The number of likely N-dealkylation sites (N-methyl/N-ethyl adjacent to an activating group) is 1. The number of unbranched alkanes of at least 4 members (excludes halogenated alkanes) is 1. The summed E-state index contributed by atoms with van der Waals surface area (Å²) >= 11 is 0. The van der Waals surface area contributed by atoms with E-state index >= 15 is 0 Å². The molecule has 1 fully saturated rings. The summed E-state index contributed by atoms with van der Waals surface area (Å²) in [6.45, 7) is 9.68. The fraction of sp³-hybridized carbons (Fsp3) is 0.704. The van der Waals surface area contributed by atoms with Gasteiger partial charge in [-0.1, -0.05) is 58.0 Å². The molecule has 0 radical (unpaired) electrons. The van der Waals surface area contributed by atoms with Crippen LogP contribution in [0.3, 0.4) is 0 Å². The number of hydrogen-bond donors (Lipinski definition) is 0. The van der Waals surface area contributed by atoms with E-state index in [0.717, 1.165) is 38.5 Å². The van der Waals surface area contributed by atoms with Gasteiger partial charge in [-0.3, -0.25) is 4.79 Å². The first-order chi connectivity index (χ1) is 15.3. The third-order valence-corrected chi connectivity index (χ3v) is 6.40. The van der Waals surface area contributed by atoms with Gasteiger partial charge in [0.1, 0.15) is 12.1 Å². The number of ether oxygens (including phenoxy) is 2. The number of cyclic esters (lactones) is 1. The predicted molar refractivity (Wildman–Crippen MR) is 128 cm³/mol. The molecular weight excluding hydrogens is 402 g/mol. The highest BCUT2D eigenvalue weighted by atomic mass is 16.5. The number of carbonyl (C=O) groups excluding carboxylic acids is 2. The number of amides is 1. The van der Waals surface area contributed by atoms with Crippen molar-refractivity contribution in [1.82, 2.24) is 4.90 Å². The Morgan fingerprint density at radius 1 is 1.09 bits per heavy atom. The molecule has 0 saturated carbocycles. The van der Waals surface area contributed by atoms with Crippen molar-refractivity contribution < 1.29 is 19.1 Å². The molecule has 5 heteroatoms. The minimum Gasteiger partial charge on any atom is -0.461 e. The van der Waals surface area contributed by atoms with Crippen molar-refractivity contribution in [3.05, 3.63) is 35.9 Å². The first-order valence-corrected chi connectivity index (χ1v) is 12.4. The Balaban J connectivity index is 1.91. The lowest BCUT2D eigenvalue weighted by molar-refractivity contribution is -0.160. The number of hydrogen-bond acceptors (Lipinski definition) is 4. The molecule has 0 aliphatic carbocycles. The molecule has 1 amide bonds. The highest BCUT2D eigenvalue weighted by molar-refractivity contribution is 5.85. The summed E-state index contributed by atoms with van der Waals surface area (Å²) in [5, 5.41) is 0. The average molecular weight is 446 g/mol. The minimum atomic E-state index is -0.505. The van der Waals surface area contributed by atoms with E-state index < -0.39 is 6.04 Å². The normalized spacial score (nSPS) is 25.5. The Kier molecular flexibility index (Phi) is 11.2. The molecule has 4 atom stereocenters. The van der Waals surface area contributed by atoms with E-state index in [2.05, 4.69) is 32.9 Å². The maximum absolute atomic E-state index is 13.1. The van der Waals surface area contributed by atoms with Gasteiger partial charge in [0.15, 0.2) is 0 Å². The molecule has 0 bridgehead atoms. The van der Waals surface area contributed by atoms with E-state index in [4.69, 9.17) is 9.47 Å². The lowest BCUT2D eigenvalue weighted by atomic mass is 9.91. The standard InChI is InChI=1S/C27H43NO4/c1-20(2)17-25-27(30)32-24(15-14-21(3)18-22(4)26(29)28(25)5)13-9-10-16-31-19-23-11-7-6-8-12-23/h6-8,11-12,20-22,24-25H,9-10,13-19H2,1-5H3/t21-,22+,24-,25-/m0/s1. The Morgan fingerprint density at radius 2 is 1.81 bits per heavy atom. The van der Waals surface area contributed by atoms with Crippen LogP contribution < -0.4 is 0 Å². The molecule has 1 aliphatic rings. The van der Waals surface area contributed by atoms with E-state index in [-0.39, 0.29) is 23.9 Å². The molecule has 5 nitrogen and oxygen atoms in total. The van der Waals surface area contributed by atoms with Crippen molar-refractivity contribution >= 4 is 11.9 Å². The molecule has 1 saturated heterocycles. The Bertz CT molecular complexity index is 690. The topological polar surface area (TPSA) is 55.8 Å². The van der Waals surface area contributed by atoms with Crippen LogP contribution in [0, 0.1) is 17.8 Å². The maximum Gasteiger partial charge on any atom is 0.329 e. The van der Waals surface area contributed by atoms with Gasteiger partial charge in [0, 0.05) is 19.6 Å². The molecule has 1 aromatic carbocycles. The predicted octanol–water partition coefficient (Wildman–Crippen LogP) is 5.61. The fourth-order valence-corrected chi connectivity index (χ4v) is 4.50. The van der Waals surface area contributed by atoms with Crippen molar-refractivity contribution in [3.8, 4) is 0 Å². The van der Waals surface area contributed by atoms with E-state index in [1.165, 1.54) is 5.56 Å². The van der Waals surface area contributed by atoms with Crippen molar-refractivity contribution in [2.45, 2.75) is 91.4 Å². The zero-order chi connectivity index (χ0) is 23.5. The van der Waals surface area contributed by atoms with Crippen LogP contribution in [0.1, 0.15) is 78.2 Å². The summed E-state index contributed by atoms with van der Waals surface area (Å²) in [7, 11) is 1.76. The second-order valence-electron chi connectivity index (χ2n) is 10.0. The molecule has 32 heavy (non-hydrogen) atoms. The van der Waals surface area contributed by atoms with Crippen LogP contribution in [-0.2, 0) is 25.7 Å². The molecule has 0 aromatic heterocycles. The summed E-state index contributed by atoms with van der Waals surface area (Å²) in [4.78, 5) is 27.6. The quantitative estimate of drug-likeness (QED) is 0.366. The summed E-state index contributed by atoms with van der Waals surface area (Å²) in [5.74, 6) is 0.465. The molecule has 2 rings (SSSR count). The molecular formula is C27H43NO4. The van der Waals surface area contributed by atoms with Gasteiger partial charge in [-0.2, -0.15) is 0 Å². The van der Waals surface area contributed by atoms with Crippen molar-refractivity contribution in [2.24, 2.45) is 17.8 Å². The third kappa shape index (κ3) is 8.93. The second kappa shape index (κ2) is 13.6. The highest BCUT2D eigenvalue weighted by Crippen LogP contribution is 2.26. The van der Waals surface area contributed by atoms with E-state index in [9.17, 15) is 9.59 Å². The van der Waals surface area contributed by atoms with Crippen LogP contribution in [0.15, 0.2) is 30.3 Å². The number of rotatable bonds is 9. The molecule has 0 spiro atoms. The summed E-state index contributed by atoms with van der Waals surface area (Å²) < 4.78 is 11.8. The Morgan fingerprint density at radius 3 is 2.50 bits per heavy atom. The maximum atomic E-state index is 13.1. The van der Waals surface area contributed by atoms with Crippen LogP contribution in [0.2, 0.25) is 0 Å². The molecule has 1 aromatic rings. The van der Waals surface area contributed by atoms with Gasteiger partial charge >= 0.3 is 5.97 Å². The van der Waals surface area contributed by atoms with Gasteiger partial charge in [-0.25, -0.2) is 4.79 Å².